The van der Waals surface area contributed by atoms with Crippen LogP contribution in [0.15, 0.2) is 70.8 Å². The van der Waals surface area contributed by atoms with Gasteiger partial charge in [-0.3, -0.25) is 19.3 Å². The molecule has 2 aliphatic heterocycles. The summed E-state index contributed by atoms with van der Waals surface area (Å²) in [5.41, 5.74) is 6.57. The number of quaternary nitrogens is 1. The van der Waals surface area contributed by atoms with E-state index in [4.69, 9.17) is 17.3 Å². The van der Waals surface area contributed by atoms with Crippen LogP contribution in [0.1, 0.15) is 6.42 Å². The average Bonchev–Trinajstić information content (AvgIpc) is 2.88. The number of thioether (sulfide) groups is 2. The minimum atomic E-state index is -0.668. The summed E-state index contributed by atoms with van der Waals surface area (Å²) in [6.07, 6.45) is 4.84. The number of rotatable bonds is 11. The van der Waals surface area contributed by atoms with Crippen molar-refractivity contribution in [2.45, 2.75) is 22.7 Å². The van der Waals surface area contributed by atoms with Crippen LogP contribution in [0.3, 0.4) is 0 Å². The molecule has 7 nitrogen and oxygen atoms in total. The molecule has 37 heavy (non-hydrogen) atoms. The molecule has 10 heteroatoms. The molecule has 1 saturated heterocycles. The van der Waals surface area contributed by atoms with E-state index in [2.05, 4.69) is 25.5 Å². The van der Waals surface area contributed by atoms with Crippen LogP contribution in [-0.4, -0.2) is 83.1 Å². The molecule has 2 aromatic rings. The Hall–Kier alpha value is -2.30. The Labute approximate surface area is 231 Å². The maximum Gasteiger partial charge on any atom is 0.269 e. The number of likely N-dealkylation sites (N-methyl/N-ethyl adjacent to an activating group) is 1. The van der Waals surface area contributed by atoms with E-state index in [1.807, 2.05) is 48.6 Å². The molecule has 0 saturated carbocycles. The lowest BCUT2D eigenvalue weighted by atomic mass is 10.0. The SMILES string of the molecule is C[N+](C)(CC=CC1=C(C(=O)Cl)N2C(=O)[C@@H](NC(=O)CSc3ccc4ccccc4c3)[C@H]2SC1)CCCN. The van der Waals surface area contributed by atoms with Gasteiger partial charge in [0.05, 0.1) is 32.9 Å². The molecule has 3 N–H and O–H groups in total. The Balaban J connectivity index is 1.36. The van der Waals surface area contributed by atoms with Gasteiger partial charge in [0.1, 0.15) is 17.1 Å². The number of amides is 2. The van der Waals surface area contributed by atoms with E-state index in [0.29, 0.717) is 12.3 Å². The van der Waals surface area contributed by atoms with Gasteiger partial charge in [-0.05, 0) is 52.7 Å². The summed E-state index contributed by atoms with van der Waals surface area (Å²) in [4.78, 5) is 40.3. The number of carbonyl (C=O) groups is 3. The highest BCUT2D eigenvalue weighted by atomic mass is 35.5. The summed E-state index contributed by atoms with van der Waals surface area (Å²) < 4.78 is 0.773. The highest BCUT2D eigenvalue weighted by molar-refractivity contribution is 8.00. The molecule has 0 aliphatic carbocycles. The van der Waals surface area contributed by atoms with Crippen molar-refractivity contribution in [3.8, 4) is 0 Å². The van der Waals surface area contributed by atoms with Gasteiger partial charge in [0.25, 0.3) is 11.1 Å². The van der Waals surface area contributed by atoms with Crippen LogP contribution >= 0.6 is 35.1 Å². The molecular weight excluding hydrogens is 528 g/mol. The predicted molar refractivity (Wildman–Crippen MR) is 152 cm³/mol. The van der Waals surface area contributed by atoms with E-state index in [9.17, 15) is 14.4 Å². The van der Waals surface area contributed by atoms with Gasteiger partial charge in [0.2, 0.25) is 5.91 Å². The number of fused-ring (bicyclic) bond motifs is 2. The summed E-state index contributed by atoms with van der Waals surface area (Å²) in [6.45, 7) is 2.36. The van der Waals surface area contributed by atoms with Gasteiger partial charge in [-0.2, -0.15) is 0 Å². The van der Waals surface area contributed by atoms with Crippen LogP contribution in [0.5, 0.6) is 0 Å². The highest BCUT2D eigenvalue weighted by Crippen LogP contribution is 2.41. The van der Waals surface area contributed by atoms with Gasteiger partial charge < -0.3 is 15.5 Å². The van der Waals surface area contributed by atoms with Gasteiger partial charge in [0, 0.05) is 17.1 Å². The van der Waals surface area contributed by atoms with Gasteiger partial charge >= 0.3 is 0 Å². The zero-order valence-corrected chi connectivity index (χ0v) is 23.4. The van der Waals surface area contributed by atoms with Gasteiger partial charge in [-0.25, -0.2) is 0 Å². The maximum atomic E-state index is 13.0. The molecular formula is C27H32ClN4O3S2+. The number of hydrogen-bond acceptors (Lipinski definition) is 6. The fourth-order valence-electron chi connectivity index (χ4n) is 4.46. The number of β-lactam (4-membered cyclic amide) rings is 1. The molecule has 2 aliphatic rings. The Kier molecular flexibility index (Phi) is 9.03. The highest BCUT2D eigenvalue weighted by Gasteiger charge is 2.53. The van der Waals surface area contributed by atoms with Gasteiger partial charge in [-0.1, -0.05) is 36.4 Å². The molecule has 1 fully saturated rings. The number of nitrogens with zero attached hydrogens (tertiary/aromatic N) is 2. The van der Waals surface area contributed by atoms with Crippen LogP contribution in [0.2, 0.25) is 0 Å². The first-order chi connectivity index (χ1) is 17.7. The minimum Gasteiger partial charge on any atom is -0.341 e. The third kappa shape index (κ3) is 6.59. The number of nitrogens with one attached hydrogen (secondary N) is 1. The minimum absolute atomic E-state index is 0.197. The second kappa shape index (κ2) is 12.0. The van der Waals surface area contributed by atoms with Gasteiger partial charge in [-0.15, -0.1) is 23.5 Å². The number of benzene rings is 2. The lowest BCUT2D eigenvalue weighted by Gasteiger charge is -2.49. The number of allylic oxidation sites excluding steroid dienone is 2. The maximum absolute atomic E-state index is 13.0. The molecule has 0 aromatic heterocycles. The molecule has 0 spiro atoms. The van der Waals surface area contributed by atoms with Crippen molar-refractivity contribution in [3.05, 3.63) is 65.9 Å². The lowest BCUT2D eigenvalue weighted by molar-refractivity contribution is -0.884. The van der Waals surface area contributed by atoms with Crippen molar-refractivity contribution < 1.29 is 18.9 Å². The zero-order valence-electron chi connectivity index (χ0n) is 21.0. The first-order valence-corrected chi connectivity index (χ1v) is 14.6. The van der Waals surface area contributed by atoms with Crippen LogP contribution < -0.4 is 11.1 Å². The van der Waals surface area contributed by atoms with E-state index >= 15 is 0 Å². The Bertz CT molecular complexity index is 1260. The van der Waals surface area contributed by atoms with E-state index in [1.165, 1.54) is 28.4 Å². The number of halogens is 1. The molecule has 196 valence electrons. The normalized spacial score (nSPS) is 19.8. The molecule has 2 heterocycles. The fourth-order valence-corrected chi connectivity index (χ4v) is 6.75. The Morgan fingerprint density at radius 2 is 2.00 bits per heavy atom. The zero-order chi connectivity index (χ0) is 26.6. The number of carbonyl (C=O) groups excluding carboxylic acids is 3. The van der Waals surface area contributed by atoms with Crippen molar-refractivity contribution in [2.24, 2.45) is 5.73 Å². The van der Waals surface area contributed by atoms with Crippen molar-refractivity contribution in [3.63, 3.8) is 0 Å². The summed E-state index contributed by atoms with van der Waals surface area (Å²) in [6, 6.07) is 13.5. The van der Waals surface area contributed by atoms with Crippen molar-refractivity contribution in [2.75, 3.05) is 45.2 Å². The largest absolute Gasteiger partial charge is 0.341 e. The van der Waals surface area contributed by atoms with Crippen LogP contribution in [-0.2, 0) is 14.4 Å². The monoisotopic (exact) mass is 559 g/mol. The number of hydrogen-bond donors (Lipinski definition) is 2. The molecule has 2 atom stereocenters. The molecule has 2 aromatic carbocycles. The van der Waals surface area contributed by atoms with E-state index in [1.54, 1.807) is 0 Å². The standard InChI is InChI=1S/C27H31ClN4O3S2/c1-32(2,14-6-12-29)13-5-9-20-16-37-27-23(26(35)31(27)24(20)25(28)34)30-22(33)17-36-21-11-10-18-7-3-4-8-19(18)15-21/h3-5,7-11,15,23,27H,6,12-14,16-17,29H2,1-2H3/p+1/t23-,27-/m1/s1. The quantitative estimate of drug-likeness (QED) is 0.190. The first kappa shape index (κ1) is 27.7. The summed E-state index contributed by atoms with van der Waals surface area (Å²) in [5.74, 6) is 0.202. The van der Waals surface area contributed by atoms with Crippen molar-refractivity contribution >= 4 is 63.0 Å². The second-order valence-corrected chi connectivity index (χ2v) is 12.3. The van der Waals surface area contributed by atoms with Crippen molar-refractivity contribution in [1.29, 1.82) is 0 Å². The lowest BCUT2D eigenvalue weighted by Crippen LogP contribution is -2.70. The molecule has 4 rings (SSSR count). The predicted octanol–water partition coefficient (Wildman–Crippen LogP) is 3.33. The van der Waals surface area contributed by atoms with Crippen molar-refractivity contribution in [1.82, 2.24) is 10.2 Å². The topological polar surface area (TPSA) is 92.5 Å². The summed E-state index contributed by atoms with van der Waals surface area (Å²) in [7, 11) is 4.25. The molecule has 0 bridgehead atoms. The molecule has 0 radical (unpaired) electrons. The van der Waals surface area contributed by atoms with E-state index < -0.39 is 11.3 Å². The first-order valence-electron chi connectivity index (χ1n) is 12.2. The fraction of sp³-hybridized carbons (Fsp3) is 0.370. The molecule has 2 amide bonds. The van der Waals surface area contributed by atoms with Crippen LogP contribution in [0.4, 0.5) is 0 Å². The third-order valence-electron chi connectivity index (χ3n) is 6.48. The average molecular weight is 560 g/mol. The Morgan fingerprint density at radius 1 is 1.24 bits per heavy atom. The molecule has 0 unspecified atom stereocenters. The van der Waals surface area contributed by atoms with E-state index in [0.717, 1.165) is 45.2 Å². The smallest absolute Gasteiger partial charge is 0.269 e. The Morgan fingerprint density at radius 3 is 2.73 bits per heavy atom. The number of nitrogens with two attached hydrogens (primary N) is 1. The third-order valence-corrected chi connectivity index (χ3v) is 8.95. The summed E-state index contributed by atoms with van der Waals surface area (Å²) >= 11 is 8.87. The van der Waals surface area contributed by atoms with Gasteiger partial charge in [0.15, 0.2) is 0 Å². The van der Waals surface area contributed by atoms with Crippen LogP contribution in [0, 0.1) is 0 Å². The van der Waals surface area contributed by atoms with Crippen LogP contribution in [0.25, 0.3) is 10.8 Å². The van der Waals surface area contributed by atoms with E-state index in [-0.39, 0.29) is 28.6 Å². The summed E-state index contributed by atoms with van der Waals surface area (Å²) in [5, 5.41) is 4.11. The second-order valence-electron chi connectivity index (χ2n) is 9.79.